The number of hydrogen-bond donors (Lipinski definition) is 1. The van der Waals surface area contributed by atoms with Gasteiger partial charge in [-0.2, -0.15) is 8.42 Å². The van der Waals surface area contributed by atoms with Gasteiger partial charge in [0.2, 0.25) is 0 Å². The second kappa shape index (κ2) is 10.6. The average Bonchev–Trinajstić information content (AvgIpc) is 3.05. The molecule has 3 aromatic rings. The number of nitrogens with zero attached hydrogens (tertiary/aromatic N) is 2. The second-order valence-corrected chi connectivity index (χ2v) is 6.39. The first kappa shape index (κ1) is 20.8. The number of aromatic amines is 1. The van der Waals surface area contributed by atoms with E-state index in [0.29, 0.717) is 0 Å². The summed E-state index contributed by atoms with van der Waals surface area (Å²) in [7, 11) is -3.53. The van der Waals surface area contributed by atoms with E-state index in [1.54, 1.807) is 18.2 Å². The van der Waals surface area contributed by atoms with Crippen molar-refractivity contribution >= 4 is 50.7 Å². The van der Waals surface area contributed by atoms with Crippen LogP contribution in [-0.4, -0.2) is 60.0 Å². The van der Waals surface area contributed by atoms with Gasteiger partial charge in [0.05, 0.1) is 17.0 Å². The third-order valence-electron chi connectivity index (χ3n) is 3.00. The molecule has 1 aromatic heterocycles. The van der Waals surface area contributed by atoms with E-state index in [1.807, 2.05) is 31.2 Å². The Kier molecular flexibility index (Phi) is 9.17. The van der Waals surface area contributed by atoms with Crippen molar-refractivity contribution in [2.24, 2.45) is 0 Å². The van der Waals surface area contributed by atoms with Crippen LogP contribution in [0.3, 0.4) is 0 Å². The predicted molar refractivity (Wildman–Crippen MR) is 94.1 cm³/mol. The van der Waals surface area contributed by atoms with Crippen molar-refractivity contribution in [2.45, 2.75) is 24.7 Å². The van der Waals surface area contributed by atoms with Gasteiger partial charge in [-0.3, -0.25) is 9.28 Å². The Labute approximate surface area is 164 Å². The Hall–Kier alpha value is -1.25. The van der Waals surface area contributed by atoms with E-state index in [0.717, 1.165) is 23.9 Å². The van der Waals surface area contributed by atoms with Gasteiger partial charge in [0.15, 0.2) is 0 Å². The zero-order chi connectivity index (χ0) is 16.5. The normalized spacial score (nSPS) is 10.5. The van der Waals surface area contributed by atoms with Crippen LogP contribution in [0.15, 0.2) is 59.5 Å². The summed E-state index contributed by atoms with van der Waals surface area (Å²) < 4.78 is 27.8. The Balaban J connectivity index is 0.000000248. The molecule has 24 heavy (non-hydrogen) atoms. The van der Waals surface area contributed by atoms with Crippen LogP contribution in [0.1, 0.15) is 19.8 Å². The Bertz CT molecular complexity index is 792. The summed E-state index contributed by atoms with van der Waals surface area (Å²) >= 11 is 0. The van der Waals surface area contributed by atoms with Crippen LogP contribution in [-0.2, 0) is 14.3 Å². The SMILES string of the molecule is CCCCOS(=O)(=O)c1ccccc1.[Na].c1ccc2[nH]nnc2c1. The van der Waals surface area contributed by atoms with Crippen LogP contribution < -0.4 is 0 Å². The molecule has 0 unspecified atom stereocenters. The van der Waals surface area contributed by atoms with Crippen molar-refractivity contribution in [1.82, 2.24) is 15.4 Å². The third kappa shape index (κ3) is 6.33. The molecule has 8 heteroatoms. The first-order valence-electron chi connectivity index (χ1n) is 7.34. The minimum atomic E-state index is -3.53. The number of unbranched alkanes of at least 4 members (excludes halogenated alkanes) is 1. The number of benzene rings is 2. The molecule has 0 saturated heterocycles. The fourth-order valence-electron chi connectivity index (χ4n) is 1.76. The molecular formula is C16H19N3NaO3S. The molecule has 0 atom stereocenters. The van der Waals surface area contributed by atoms with Crippen LogP contribution in [0.2, 0.25) is 0 Å². The topological polar surface area (TPSA) is 84.9 Å². The quantitative estimate of drug-likeness (QED) is 0.432. The first-order valence-corrected chi connectivity index (χ1v) is 8.74. The smallest absolute Gasteiger partial charge is 0.266 e. The van der Waals surface area contributed by atoms with E-state index in [-0.39, 0.29) is 41.1 Å². The number of nitrogens with one attached hydrogen (secondary N) is 1. The molecular weight excluding hydrogens is 337 g/mol. The maximum atomic E-state index is 11.5. The summed E-state index contributed by atoms with van der Waals surface area (Å²) in [5.41, 5.74) is 1.90. The van der Waals surface area contributed by atoms with E-state index in [4.69, 9.17) is 4.18 Å². The van der Waals surface area contributed by atoms with Crippen molar-refractivity contribution in [3.63, 3.8) is 0 Å². The summed E-state index contributed by atoms with van der Waals surface area (Å²) in [4.78, 5) is 0.219. The Morgan fingerprint density at radius 3 is 2.38 bits per heavy atom. The molecule has 2 aromatic carbocycles. The molecule has 0 saturated carbocycles. The van der Waals surface area contributed by atoms with Gasteiger partial charge in [-0.25, -0.2) is 0 Å². The van der Waals surface area contributed by atoms with Gasteiger partial charge in [0.25, 0.3) is 10.1 Å². The third-order valence-corrected chi connectivity index (χ3v) is 4.33. The van der Waals surface area contributed by atoms with Crippen LogP contribution in [0, 0.1) is 0 Å². The monoisotopic (exact) mass is 356 g/mol. The van der Waals surface area contributed by atoms with Crippen molar-refractivity contribution < 1.29 is 12.6 Å². The number of aromatic nitrogens is 3. The standard InChI is InChI=1S/C10H14O3S.C6H5N3.Na/c1-2-3-9-13-14(11,12)10-7-5-4-6-8-10;1-2-4-6-5(3-1)7-9-8-6;/h4-8H,2-3,9H2,1H3;1-4H,(H,7,8,9);. The fourth-order valence-corrected chi connectivity index (χ4v) is 2.72. The average molecular weight is 356 g/mol. The van der Waals surface area contributed by atoms with Crippen LogP contribution in [0.25, 0.3) is 11.0 Å². The zero-order valence-electron chi connectivity index (χ0n) is 13.8. The van der Waals surface area contributed by atoms with Crippen molar-refractivity contribution in [3.05, 3.63) is 54.6 Å². The first-order chi connectivity index (χ1) is 11.1. The maximum absolute atomic E-state index is 11.5. The molecule has 0 spiro atoms. The maximum Gasteiger partial charge on any atom is 0.296 e. The van der Waals surface area contributed by atoms with Gasteiger partial charge in [0, 0.05) is 29.6 Å². The van der Waals surface area contributed by atoms with Gasteiger partial charge in [-0.1, -0.05) is 48.9 Å². The van der Waals surface area contributed by atoms with Crippen LogP contribution >= 0.6 is 0 Å². The Morgan fingerprint density at radius 2 is 1.71 bits per heavy atom. The van der Waals surface area contributed by atoms with Crippen molar-refractivity contribution in [1.29, 1.82) is 0 Å². The molecule has 1 heterocycles. The minimum absolute atomic E-state index is 0. The summed E-state index contributed by atoms with van der Waals surface area (Å²) in [6.07, 6.45) is 1.68. The number of para-hydroxylation sites is 1. The van der Waals surface area contributed by atoms with Crippen molar-refractivity contribution in [3.8, 4) is 0 Å². The molecule has 0 aliphatic carbocycles. The van der Waals surface area contributed by atoms with Gasteiger partial charge in [0.1, 0.15) is 5.52 Å². The molecule has 0 bridgehead atoms. The number of fused-ring (bicyclic) bond motifs is 1. The summed E-state index contributed by atoms with van der Waals surface area (Å²) in [6.45, 7) is 2.24. The van der Waals surface area contributed by atoms with Crippen molar-refractivity contribution in [2.75, 3.05) is 6.61 Å². The van der Waals surface area contributed by atoms with Gasteiger partial charge < -0.3 is 0 Å². The van der Waals surface area contributed by atoms with E-state index >= 15 is 0 Å². The van der Waals surface area contributed by atoms with Crippen LogP contribution in [0.4, 0.5) is 0 Å². The van der Waals surface area contributed by atoms with Gasteiger partial charge in [-0.15, -0.1) is 5.10 Å². The van der Waals surface area contributed by atoms with E-state index in [9.17, 15) is 8.42 Å². The molecule has 0 aliphatic rings. The number of rotatable bonds is 5. The summed E-state index contributed by atoms with van der Waals surface area (Å²) in [5, 5.41) is 10.2. The van der Waals surface area contributed by atoms with Gasteiger partial charge >= 0.3 is 0 Å². The predicted octanol–water partition coefficient (Wildman–Crippen LogP) is 2.77. The van der Waals surface area contributed by atoms with E-state index in [1.165, 1.54) is 12.1 Å². The van der Waals surface area contributed by atoms with Crippen LogP contribution in [0.5, 0.6) is 0 Å². The molecule has 1 radical (unpaired) electrons. The molecule has 123 valence electrons. The molecule has 0 amide bonds. The fraction of sp³-hybridized carbons (Fsp3) is 0.250. The molecule has 6 nitrogen and oxygen atoms in total. The molecule has 1 N–H and O–H groups in total. The van der Waals surface area contributed by atoms with E-state index < -0.39 is 10.1 Å². The van der Waals surface area contributed by atoms with E-state index in [2.05, 4.69) is 15.4 Å². The number of H-pyrrole nitrogens is 1. The zero-order valence-corrected chi connectivity index (χ0v) is 16.7. The summed E-state index contributed by atoms with van der Waals surface area (Å²) in [6, 6.07) is 15.9. The minimum Gasteiger partial charge on any atom is -0.266 e. The summed E-state index contributed by atoms with van der Waals surface area (Å²) in [5.74, 6) is 0. The number of hydrogen-bond acceptors (Lipinski definition) is 5. The molecule has 0 fully saturated rings. The Morgan fingerprint density at radius 1 is 1.04 bits per heavy atom. The largest absolute Gasteiger partial charge is 0.296 e. The molecule has 0 aliphatic heterocycles. The van der Waals surface area contributed by atoms with Gasteiger partial charge in [-0.05, 0) is 30.7 Å². The second-order valence-electron chi connectivity index (χ2n) is 4.77. The molecule has 3 rings (SSSR count).